The molecule has 0 aromatic heterocycles. The van der Waals surface area contributed by atoms with Gasteiger partial charge in [0.25, 0.3) is 5.91 Å². The second-order valence-electron chi connectivity index (χ2n) is 3.19. The maximum Gasteiger partial charge on any atom is 0.251 e. The van der Waals surface area contributed by atoms with Gasteiger partial charge in [0.15, 0.2) is 0 Å². The molecule has 0 spiro atoms. The fourth-order valence-corrected chi connectivity index (χ4v) is 1.53. The van der Waals surface area contributed by atoms with Gasteiger partial charge in [-0.25, -0.2) is 0 Å². The molecule has 0 atom stereocenters. The zero-order valence-electron chi connectivity index (χ0n) is 9.13. The van der Waals surface area contributed by atoms with Crippen molar-refractivity contribution < 1.29 is 9.53 Å². The van der Waals surface area contributed by atoms with Gasteiger partial charge in [-0.2, -0.15) is 0 Å². The van der Waals surface area contributed by atoms with Gasteiger partial charge in [-0.15, -0.1) is 0 Å². The maximum atomic E-state index is 11.6. The van der Waals surface area contributed by atoms with E-state index >= 15 is 0 Å². The monoisotopic (exact) mass is 286 g/mol. The van der Waals surface area contributed by atoms with E-state index in [0.717, 1.165) is 4.47 Å². The van der Waals surface area contributed by atoms with Crippen LogP contribution in [0.25, 0.3) is 0 Å². The summed E-state index contributed by atoms with van der Waals surface area (Å²) in [5.41, 5.74) is 6.83. The first kappa shape index (κ1) is 13.0. The third kappa shape index (κ3) is 3.83. The number of hydrogen-bond acceptors (Lipinski definition) is 3. The van der Waals surface area contributed by atoms with Gasteiger partial charge >= 0.3 is 0 Å². The minimum Gasteiger partial charge on any atom is -0.398 e. The molecule has 4 nitrogen and oxygen atoms in total. The minimum absolute atomic E-state index is 0.125. The van der Waals surface area contributed by atoms with Gasteiger partial charge in [0.2, 0.25) is 0 Å². The Labute approximate surface area is 103 Å². The fourth-order valence-electron chi connectivity index (χ4n) is 1.15. The molecule has 3 N–H and O–H groups in total. The Bertz CT molecular complexity index is 369. The Morgan fingerprint density at radius 2 is 2.31 bits per heavy atom. The van der Waals surface area contributed by atoms with Gasteiger partial charge < -0.3 is 15.8 Å². The topological polar surface area (TPSA) is 64.3 Å². The van der Waals surface area contributed by atoms with Crippen LogP contribution in [0.15, 0.2) is 22.7 Å². The third-order valence-corrected chi connectivity index (χ3v) is 2.69. The molecule has 0 aliphatic rings. The number of amides is 1. The van der Waals surface area contributed by atoms with Gasteiger partial charge in [-0.1, -0.05) is 0 Å². The van der Waals surface area contributed by atoms with Crippen LogP contribution in [0.4, 0.5) is 5.69 Å². The molecule has 0 unspecified atom stereocenters. The van der Waals surface area contributed by atoms with Crippen LogP contribution in [0.5, 0.6) is 0 Å². The lowest BCUT2D eigenvalue weighted by Crippen LogP contribution is -2.27. The molecular formula is C11H15BrN2O2. The number of nitrogen functional groups attached to an aromatic ring is 1. The van der Waals surface area contributed by atoms with Crippen LogP contribution in [0.2, 0.25) is 0 Å². The minimum atomic E-state index is -0.125. The SMILES string of the molecule is CCOCCNC(=O)c1ccc(N)c(Br)c1. The molecule has 0 saturated heterocycles. The fraction of sp³-hybridized carbons (Fsp3) is 0.364. The first-order chi connectivity index (χ1) is 7.65. The van der Waals surface area contributed by atoms with E-state index in [1.165, 1.54) is 0 Å². The Balaban J connectivity index is 2.50. The zero-order chi connectivity index (χ0) is 12.0. The van der Waals surface area contributed by atoms with E-state index in [4.69, 9.17) is 10.5 Å². The van der Waals surface area contributed by atoms with Crippen LogP contribution in [0, 0.1) is 0 Å². The zero-order valence-corrected chi connectivity index (χ0v) is 10.7. The molecule has 1 aromatic carbocycles. The standard InChI is InChI=1S/C11H15BrN2O2/c1-2-16-6-5-14-11(15)8-3-4-10(13)9(12)7-8/h3-4,7H,2,5-6,13H2,1H3,(H,14,15). The number of rotatable bonds is 5. The quantitative estimate of drug-likeness (QED) is 0.641. The van der Waals surface area contributed by atoms with Crippen molar-refractivity contribution in [3.8, 4) is 0 Å². The highest BCUT2D eigenvalue weighted by atomic mass is 79.9. The van der Waals surface area contributed by atoms with Crippen molar-refractivity contribution in [1.82, 2.24) is 5.32 Å². The summed E-state index contributed by atoms with van der Waals surface area (Å²) >= 11 is 3.28. The summed E-state index contributed by atoms with van der Waals surface area (Å²) in [6.07, 6.45) is 0. The molecule has 88 valence electrons. The van der Waals surface area contributed by atoms with Crippen LogP contribution in [0.3, 0.4) is 0 Å². The van der Waals surface area contributed by atoms with Crippen molar-refractivity contribution in [3.05, 3.63) is 28.2 Å². The molecule has 0 aliphatic heterocycles. The van der Waals surface area contributed by atoms with Gasteiger partial charge in [0.1, 0.15) is 0 Å². The van der Waals surface area contributed by atoms with Crippen LogP contribution < -0.4 is 11.1 Å². The first-order valence-electron chi connectivity index (χ1n) is 5.06. The van der Waals surface area contributed by atoms with Crippen molar-refractivity contribution >= 4 is 27.5 Å². The summed E-state index contributed by atoms with van der Waals surface area (Å²) in [7, 11) is 0. The Kier molecular flexibility index (Phi) is 5.28. The Hall–Kier alpha value is -1.07. The lowest BCUT2D eigenvalue weighted by atomic mass is 10.2. The summed E-state index contributed by atoms with van der Waals surface area (Å²) in [5, 5.41) is 2.75. The van der Waals surface area contributed by atoms with E-state index in [1.807, 2.05) is 6.92 Å². The van der Waals surface area contributed by atoms with E-state index < -0.39 is 0 Å². The van der Waals surface area contributed by atoms with Crippen molar-refractivity contribution in [2.75, 3.05) is 25.5 Å². The molecule has 1 rings (SSSR count). The second kappa shape index (κ2) is 6.50. The molecule has 0 aliphatic carbocycles. The number of halogens is 1. The molecule has 0 bridgehead atoms. The van der Waals surface area contributed by atoms with E-state index in [9.17, 15) is 4.79 Å². The van der Waals surface area contributed by atoms with Crippen molar-refractivity contribution in [3.63, 3.8) is 0 Å². The third-order valence-electron chi connectivity index (χ3n) is 2.00. The number of nitrogens with two attached hydrogens (primary N) is 1. The second-order valence-corrected chi connectivity index (χ2v) is 4.04. The summed E-state index contributed by atoms with van der Waals surface area (Å²) in [5.74, 6) is -0.125. The van der Waals surface area contributed by atoms with E-state index in [2.05, 4.69) is 21.2 Å². The molecule has 1 aromatic rings. The molecule has 16 heavy (non-hydrogen) atoms. The largest absolute Gasteiger partial charge is 0.398 e. The number of carbonyl (C=O) groups is 1. The number of carbonyl (C=O) groups excluding carboxylic acids is 1. The normalized spacial score (nSPS) is 10.1. The maximum absolute atomic E-state index is 11.6. The average molecular weight is 287 g/mol. The van der Waals surface area contributed by atoms with Gasteiger partial charge in [-0.3, -0.25) is 4.79 Å². The van der Waals surface area contributed by atoms with Crippen LogP contribution in [0.1, 0.15) is 17.3 Å². The van der Waals surface area contributed by atoms with E-state index in [-0.39, 0.29) is 5.91 Å². The Morgan fingerprint density at radius 3 is 2.94 bits per heavy atom. The summed E-state index contributed by atoms with van der Waals surface area (Å²) in [6.45, 7) is 3.61. The summed E-state index contributed by atoms with van der Waals surface area (Å²) < 4.78 is 5.85. The van der Waals surface area contributed by atoms with Gasteiger partial charge in [0, 0.05) is 28.9 Å². The van der Waals surface area contributed by atoms with Crippen LogP contribution >= 0.6 is 15.9 Å². The average Bonchev–Trinajstić information content (AvgIpc) is 2.28. The number of anilines is 1. The molecule has 0 saturated carbocycles. The smallest absolute Gasteiger partial charge is 0.251 e. The Morgan fingerprint density at radius 1 is 1.56 bits per heavy atom. The lowest BCUT2D eigenvalue weighted by Gasteiger charge is -2.06. The lowest BCUT2D eigenvalue weighted by molar-refractivity contribution is 0.0922. The summed E-state index contributed by atoms with van der Waals surface area (Å²) in [4.78, 5) is 11.6. The molecule has 5 heteroatoms. The highest BCUT2D eigenvalue weighted by Gasteiger charge is 2.06. The number of nitrogens with one attached hydrogen (secondary N) is 1. The van der Waals surface area contributed by atoms with Crippen molar-refractivity contribution in [2.45, 2.75) is 6.92 Å². The highest BCUT2D eigenvalue weighted by molar-refractivity contribution is 9.10. The number of hydrogen-bond donors (Lipinski definition) is 2. The molecule has 1 amide bonds. The number of ether oxygens (including phenoxy) is 1. The van der Waals surface area contributed by atoms with Crippen molar-refractivity contribution in [2.24, 2.45) is 0 Å². The molecule has 0 heterocycles. The predicted octanol–water partition coefficient (Wildman–Crippen LogP) is 1.80. The molecular weight excluding hydrogens is 272 g/mol. The van der Waals surface area contributed by atoms with Crippen LogP contribution in [-0.4, -0.2) is 25.7 Å². The van der Waals surface area contributed by atoms with E-state index in [0.29, 0.717) is 31.0 Å². The van der Waals surface area contributed by atoms with Crippen molar-refractivity contribution in [1.29, 1.82) is 0 Å². The molecule has 0 radical (unpaired) electrons. The van der Waals surface area contributed by atoms with Gasteiger partial charge in [0.05, 0.1) is 6.61 Å². The molecule has 0 fully saturated rings. The predicted molar refractivity (Wildman–Crippen MR) is 67.4 cm³/mol. The van der Waals surface area contributed by atoms with E-state index in [1.54, 1.807) is 18.2 Å². The van der Waals surface area contributed by atoms with Gasteiger partial charge in [-0.05, 0) is 41.1 Å². The highest BCUT2D eigenvalue weighted by Crippen LogP contribution is 2.20. The van der Waals surface area contributed by atoms with Crippen LogP contribution in [-0.2, 0) is 4.74 Å². The number of benzene rings is 1. The first-order valence-corrected chi connectivity index (χ1v) is 5.85. The summed E-state index contributed by atoms with van der Waals surface area (Å²) in [6, 6.07) is 5.09.